The van der Waals surface area contributed by atoms with Crippen LogP contribution in [0.2, 0.25) is 5.02 Å². The molecule has 3 rings (SSSR count). The first-order valence-electron chi connectivity index (χ1n) is 7.87. The Labute approximate surface area is 145 Å². The molecule has 0 spiro atoms. The minimum absolute atomic E-state index is 0.157. The van der Waals surface area contributed by atoms with Crippen LogP contribution in [0.5, 0.6) is 5.75 Å². The predicted octanol–water partition coefficient (Wildman–Crippen LogP) is 3.73. The molecule has 0 atom stereocenters. The highest BCUT2D eigenvalue weighted by atomic mass is 35.5. The summed E-state index contributed by atoms with van der Waals surface area (Å²) in [5.41, 5.74) is 3.73. The van der Waals surface area contributed by atoms with Gasteiger partial charge in [0.25, 0.3) is 0 Å². The maximum atomic E-state index is 10.1. The summed E-state index contributed by atoms with van der Waals surface area (Å²) in [6.45, 7) is 1.41. The van der Waals surface area contributed by atoms with Gasteiger partial charge in [0.05, 0.1) is 5.52 Å². The van der Waals surface area contributed by atoms with Crippen molar-refractivity contribution < 1.29 is 10.2 Å². The molecule has 0 bridgehead atoms. The van der Waals surface area contributed by atoms with E-state index in [4.69, 9.17) is 16.7 Å². The molecule has 0 amide bonds. The summed E-state index contributed by atoms with van der Waals surface area (Å²) in [5.74, 6) is 0.261. The van der Waals surface area contributed by atoms with Crippen LogP contribution < -0.4 is 5.32 Å². The molecule has 0 fully saturated rings. The highest BCUT2D eigenvalue weighted by molar-refractivity contribution is 6.31. The standard InChI is InChI=1S/C19H19ClN2O2/c20-15-3-4-17-16(6-8-22-18(17)11-15)13-2-5-19(24)14(10-13)12-21-7-1-9-23/h2-6,8,10-11,21,23-24H,1,7,9,12H2. The summed E-state index contributed by atoms with van der Waals surface area (Å²) in [6.07, 6.45) is 2.45. The molecule has 124 valence electrons. The normalized spacial score (nSPS) is 11.1. The van der Waals surface area contributed by atoms with E-state index in [9.17, 15) is 5.11 Å². The first-order chi connectivity index (χ1) is 11.7. The van der Waals surface area contributed by atoms with Gasteiger partial charge in [-0.3, -0.25) is 4.98 Å². The highest BCUT2D eigenvalue weighted by Gasteiger charge is 2.08. The first-order valence-corrected chi connectivity index (χ1v) is 8.25. The van der Waals surface area contributed by atoms with Crippen molar-refractivity contribution in [3.8, 4) is 16.9 Å². The highest BCUT2D eigenvalue weighted by Crippen LogP contribution is 2.31. The van der Waals surface area contributed by atoms with Crippen LogP contribution in [-0.2, 0) is 6.54 Å². The summed E-state index contributed by atoms with van der Waals surface area (Å²) in [4.78, 5) is 4.37. The monoisotopic (exact) mass is 342 g/mol. The number of rotatable bonds is 6. The van der Waals surface area contributed by atoms with Gasteiger partial charge in [-0.05, 0) is 54.4 Å². The summed E-state index contributed by atoms with van der Waals surface area (Å²) in [6, 6.07) is 13.2. The lowest BCUT2D eigenvalue weighted by atomic mass is 9.99. The smallest absolute Gasteiger partial charge is 0.120 e. The molecule has 1 aromatic heterocycles. The molecule has 0 saturated heterocycles. The molecule has 3 aromatic rings. The third-order valence-electron chi connectivity index (χ3n) is 3.92. The number of aliphatic hydroxyl groups excluding tert-OH is 1. The van der Waals surface area contributed by atoms with Gasteiger partial charge in [-0.1, -0.05) is 23.7 Å². The molecule has 0 saturated carbocycles. The Morgan fingerprint density at radius 3 is 2.79 bits per heavy atom. The van der Waals surface area contributed by atoms with Crippen molar-refractivity contribution in [3.05, 3.63) is 59.2 Å². The largest absolute Gasteiger partial charge is 0.508 e. The SMILES string of the molecule is OCCCNCc1cc(-c2ccnc3cc(Cl)ccc23)ccc1O. The van der Waals surface area contributed by atoms with Crippen molar-refractivity contribution >= 4 is 22.5 Å². The third kappa shape index (κ3) is 3.67. The van der Waals surface area contributed by atoms with Crippen LogP contribution in [0.25, 0.3) is 22.0 Å². The van der Waals surface area contributed by atoms with E-state index in [0.717, 1.165) is 27.6 Å². The maximum Gasteiger partial charge on any atom is 0.120 e. The molecule has 0 aliphatic heterocycles. The first kappa shape index (κ1) is 16.7. The number of hydrogen-bond acceptors (Lipinski definition) is 4. The number of fused-ring (bicyclic) bond motifs is 1. The van der Waals surface area contributed by atoms with Crippen LogP contribution in [-0.4, -0.2) is 28.3 Å². The quantitative estimate of drug-likeness (QED) is 0.597. The second kappa shape index (κ2) is 7.62. The molecule has 1 heterocycles. The number of phenolic OH excluding ortho intramolecular Hbond substituents is 1. The minimum atomic E-state index is 0.157. The van der Waals surface area contributed by atoms with E-state index in [0.29, 0.717) is 24.5 Å². The second-order valence-corrected chi connectivity index (χ2v) is 6.05. The van der Waals surface area contributed by atoms with Gasteiger partial charge in [-0.2, -0.15) is 0 Å². The number of aliphatic hydroxyl groups is 1. The van der Waals surface area contributed by atoms with E-state index in [1.165, 1.54) is 0 Å². The molecule has 0 radical (unpaired) electrons. The number of nitrogens with zero attached hydrogens (tertiary/aromatic N) is 1. The van der Waals surface area contributed by atoms with Gasteiger partial charge in [-0.15, -0.1) is 0 Å². The van der Waals surface area contributed by atoms with Crippen molar-refractivity contribution in [2.75, 3.05) is 13.2 Å². The number of halogens is 1. The topological polar surface area (TPSA) is 65.4 Å². The van der Waals surface area contributed by atoms with Gasteiger partial charge in [0.15, 0.2) is 0 Å². The predicted molar refractivity (Wildman–Crippen MR) is 97.3 cm³/mol. The van der Waals surface area contributed by atoms with Crippen LogP contribution in [0.3, 0.4) is 0 Å². The molecular formula is C19H19ClN2O2. The Bertz CT molecular complexity index is 852. The average Bonchev–Trinajstić information content (AvgIpc) is 2.59. The maximum absolute atomic E-state index is 10.1. The van der Waals surface area contributed by atoms with E-state index in [1.807, 2.05) is 36.4 Å². The summed E-state index contributed by atoms with van der Waals surface area (Å²) < 4.78 is 0. The fourth-order valence-electron chi connectivity index (χ4n) is 2.69. The molecule has 0 unspecified atom stereocenters. The van der Waals surface area contributed by atoms with Gasteiger partial charge in [0.2, 0.25) is 0 Å². The molecule has 2 aromatic carbocycles. The molecule has 5 heteroatoms. The number of aromatic hydroxyl groups is 1. The second-order valence-electron chi connectivity index (χ2n) is 5.62. The Kier molecular flexibility index (Phi) is 5.30. The van der Waals surface area contributed by atoms with Crippen LogP contribution in [0.15, 0.2) is 48.7 Å². The van der Waals surface area contributed by atoms with E-state index in [2.05, 4.69) is 10.3 Å². The number of aromatic nitrogens is 1. The van der Waals surface area contributed by atoms with Crippen molar-refractivity contribution in [2.24, 2.45) is 0 Å². The molecule has 0 aliphatic rings. The Morgan fingerprint density at radius 2 is 1.96 bits per heavy atom. The number of pyridine rings is 1. The lowest BCUT2D eigenvalue weighted by molar-refractivity contribution is 0.286. The third-order valence-corrected chi connectivity index (χ3v) is 4.16. The zero-order valence-electron chi connectivity index (χ0n) is 13.2. The van der Waals surface area contributed by atoms with Crippen molar-refractivity contribution in [3.63, 3.8) is 0 Å². The zero-order valence-corrected chi connectivity index (χ0v) is 13.9. The Balaban J connectivity index is 1.95. The summed E-state index contributed by atoms with van der Waals surface area (Å²) in [7, 11) is 0. The van der Waals surface area contributed by atoms with Crippen molar-refractivity contribution in [1.29, 1.82) is 0 Å². The van der Waals surface area contributed by atoms with Gasteiger partial charge < -0.3 is 15.5 Å². The zero-order chi connectivity index (χ0) is 16.9. The van der Waals surface area contributed by atoms with Crippen LogP contribution in [0.4, 0.5) is 0 Å². The van der Waals surface area contributed by atoms with Gasteiger partial charge >= 0.3 is 0 Å². The van der Waals surface area contributed by atoms with Crippen LogP contribution >= 0.6 is 11.6 Å². The van der Waals surface area contributed by atoms with E-state index in [1.54, 1.807) is 12.3 Å². The van der Waals surface area contributed by atoms with E-state index >= 15 is 0 Å². The van der Waals surface area contributed by atoms with Gasteiger partial charge in [0.1, 0.15) is 5.75 Å². The Morgan fingerprint density at radius 1 is 1.08 bits per heavy atom. The molecule has 0 aliphatic carbocycles. The van der Waals surface area contributed by atoms with Crippen molar-refractivity contribution in [2.45, 2.75) is 13.0 Å². The van der Waals surface area contributed by atoms with Gasteiger partial charge in [-0.25, -0.2) is 0 Å². The molecule has 4 nitrogen and oxygen atoms in total. The number of benzene rings is 2. The summed E-state index contributed by atoms with van der Waals surface area (Å²) >= 11 is 6.05. The Hall–Kier alpha value is -2.14. The molecular weight excluding hydrogens is 324 g/mol. The molecule has 3 N–H and O–H groups in total. The summed E-state index contributed by atoms with van der Waals surface area (Å²) in [5, 5.41) is 23.8. The number of nitrogens with one attached hydrogen (secondary N) is 1. The number of phenols is 1. The fourth-order valence-corrected chi connectivity index (χ4v) is 2.86. The lowest BCUT2D eigenvalue weighted by Gasteiger charge is -2.11. The lowest BCUT2D eigenvalue weighted by Crippen LogP contribution is -2.15. The minimum Gasteiger partial charge on any atom is -0.508 e. The average molecular weight is 343 g/mol. The van der Waals surface area contributed by atoms with E-state index < -0.39 is 0 Å². The molecule has 24 heavy (non-hydrogen) atoms. The van der Waals surface area contributed by atoms with Crippen molar-refractivity contribution in [1.82, 2.24) is 10.3 Å². The van der Waals surface area contributed by atoms with E-state index in [-0.39, 0.29) is 12.4 Å². The number of hydrogen-bond donors (Lipinski definition) is 3. The fraction of sp³-hybridized carbons (Fsp3) is 0.211. The van der Waals surface area contributed by atoms with Crippen LogP contribution in [0, 0.1) is 0 Å². The van der Waals surface area contributed by atoms with Crippen LogP contribution in [0.1, 0.15) is 12.0 Å². The van der Waals surface area contributed by atoms with Gasteiger partial charge in [0, 0.05) is 35.3 Å².